The molecule has 1 aromatic carbocycles. The van der Waals surface area contributed by atoms with Gasteiger partial charge < -0.3 is 10.2 Å². The first-order valence-corrected chi connectivity index (χ1v) is 7.94. The Morgan fingerprint density at radius 3 is 2.47 bits per heavy atom. The average Bonchev–Trinajstić information content (AvgIpc) is 2.42. The molecule has 1 saturated heterocycles. The number of anilines is 1. The molecule has 0 aromatic heterocycles. The Morgan fingerprint density at radius 1 is 1.26 bits per heavy atom. The lowest BCUT2D eigenvalue weighted by molar-refractivity contribution is -0.127. The maximum absolute atomic E-state index is 11.6. The molecule has 0 saturated carbocycles. The molecule has 0 atom stereocenters. The molecule has 1 aliphatic heterocycles. The van der Waals surface area contributed by atoms with Gasteiger partial charge in [0.25, 0.3) is 0 Å². The van der Waals surface area contributed by atoms with E-state index in [1.165, 1.54) is 24.3 Å². The second-order valence-electron chi connectivity index (χ2n) is 5.19. The first-order chi connectivity index (χ1) is 9.15. The average molecular weight is 278 g/mol. The lowest BCUT2D eigenvalue weighted by Gasteiger charge is -2.23. The van der Waals surface area contributed by atoms with E-state index in [0.29, 0.717) is 12.5 Å². The molecule has 1 aromatic rings. The zero-order chi connectivity index (χ0) is 13.7. The van der Waals surface area contributed by atoms with Crippen LogP contribution in [0.25, 0.3) is 0 Å². The molecule has 3 nitrogen and oxygen atoms in total. The van der Waals surface area contributed by atoms with Crippen LogP contribution >= 0.6 is 11.8 Å². The lowest BCUT2D eigenvalue weighted by Crippen LogP contribution is -2.24. The minimum atomic E-state index is 0.144. The van der Waals surface area contributed by atoms with Crippen LogP contribution in [0.2, 0.25) is 0 Å². The van der Waals surface area contributed by atoms with Gasteiger partial charge in [-0.1, -0.05) is 12.1 Å². The highest BCUT2D eigenvalue weighted by atomic mass is 32.2. The standard InChI is InChI=1S/C15H22N2OS/c1-17(2)15(18)11-12-3-5-13(6-4-12)16-14-7-9-19-10-8-14/h3-6,14,16H,7-11H2,1-2H3. The van der Waals surface area contributed by atoms with Crippen LogP contribution < -0.4 is 5.32 Å². The van der Waals surface area contributed by atoms with Crippen molar-refractivity contribution in [2.45, 2.75) is 25.3 Å². The zero-order valence-corrected chi connectivity index (χ0v) is 12.5. The van der Waals surface area contributed by atoms with E-state index >= 15 is 0 Å². The summed E-state index contributed by atoms with van der Waals surface area (Å²) in [6.07, 6.45) is 2.96. The number of nitrogens with zero attached hydrogens (tertiary/aromatic N) is 1. The normalized spacial score (nSPS) is 16.1. The molecule has 0 spiro atoms. The van der Waals surface area contributed by atoms with E-state index in [9.17, 15) is 4.79 Å². The number of hydrogen-bond donors (Lipinski definition) is 1. The summed E-state index contributed by atoms with van der Waals surface area (Å²) >= 11 is 2.04. The van der Waals surface area contributed by atoms with E-state index in [0.717, 1.165) is 11.3 Å². The Kier molecular flexibility index (Phi) is 5.14. The van der Waals surface area contributed by atoms with Crippen molar-refractivity contribution in [1.82, 2.24) is 4.90 Å². The minimum Gasteiger partial charge on any atom is -0.382 e. The van der Waals surface area contributed by atoms with Crippen molar-refractivity contribution in [3.8, 4) is 0 Å². The molecule has 19 heavy (non-hydrogen) atoms. The van der Waals surface area contributed by atoms with Gasteiger partial charge in [0.05, 0.1) is 6.42 Å². The zero-order valence-electron chi connectivity index (χ0n) is 11.7. The monoisotopic (exact) mass is 278 g/mol. The van der Waals surface area contributed by atoms with Crippen LogP contribution in [0.3, 0.4) is 0 Å². The molecular weight excluding hydrogens is 256 g/mol. The molecule has 4 heteroatoms. The predicted octanol–water partition coefficient (Wildman–Crippen LogP) is 2.62. The van der Waals surface area contributed by atoms with Gasteiger partial charge in [0.15, 0.2) is 0 Å². The van der Waals surface area contributed by atoms with Crippen LogP contribution in [0.5, 0.6) is 0 Å². The second kappa shape index (κ2) is 6.85. The lowest BCUT2D eigenvalue weighted by atomic mass is 10.1. The van der Waals surface area contributed by atoms with Gasteiger partial charge in [0.2, 0.25) is 5.91 Å². The molecule has 1 fully saturated rings. The Balaban J connectivity index is 1.88. The minimum absolute atomic E-state index is 0.144. The summed E-state index contributed by atoms with van der Waals surface area (Å²) in [4.78, 5) is 13.3. The second-order valence-corrected chi connectivity index (χ2v) is 6.42. The molecule has 2 rings (SSSR count). The van der Waals surface area contributed by atoms with E-state index in [1.54, 1.807) is 19.0 Å². The summed E-state index contributed by atoms with van der Waals surface area (Å²) in [6.45, 7) is 0. The van der Waals surface area contributed by atoms with Gasteiger partial charge in [-0.15, -0.1) is 0 Å². The number of hydrogen-bond acceptors (Lipinski definition) is 3. The van der Waals surface area contributed by atoms with Crippen LogP contribution in [0.4, 0.5) is 5.69 Å². The highest BCUT2D eigenvalue weighted by Gasteiger charge is 2.13. The summed E-state index contributed by atoms with van der Waals surface area (Å²) in [5, 5.41) is 3.58. The summed E-state index contributed by atoms with van der Waals surface area (Å²) in [5.41, 5.74) is 2.24. The Bertz CT molecular complexity index is 411. The third kappa shape index (κ3) is 4.46. The fourth-order valence-electron chi connectivity index (χ4n) is 2.13. The molecule has 0 radical (unpaired) electrons. The first kappa shape index (κ1) is 14.3. The summed E-state index contributed by atoms with van der Waals surface area (Å²) < 4.78 is 0. The Hall–Kier alpha value is -1.16. The van der Waals surface area contributed by atoms with E-state index in [2.05, 4.69) is 17.4 Å². The van der Waals surface area contributed by atoms with Crippen molar-refractivity contribution in [3.63, 3.8) is 0 Å². The van der Waals surface area contributed by atoms with Gasteiger partial charge in [0, 0.05) is 25.8 Å². The SMILES string of the molecule is CN(C)C(=O)Cc1ccc(NC2CCSCC2)cc1. The highest BCUT2D eigenvalue weighted by Crippen LogP contribution is 2.21. The number of benzene rings is 1. The number of carbonyl (C=O) groups excluding carboxylic acids is 1. The van der Waals surface area contributed by atoms with Gasteiger partial charge >= 0.3 is 0 Å². The van der Waals surface area contributed by atoms with E-state index in [-0.39, 0.29) is 5.91 Å². The van der Waals surface area contributed by atoms with Crippen LogP contribution in [-0.4, -0.2) is 42.4 Å². The number of likely N-dealkylation sites (N-methyl/N-ethyl adjacent to an activating group) is 1. The number of carbonyl (C=O) groups is 1. The Labute approximate surface area is 119 Å². The van der Waals surface area contributed by atoms with Crippen molar-refractivity contribution in [2.75, 3.05) is 30.9 Å². The van der Waals surface area contributed by atoms with E-state index < -0.39 is 0 Å². The van der Waals surface area contributed by atoms with Gasteiger partial charge in [-0.05, 0) is 42.0 Å². The maximum atomic E-state index is 11.6. The molecule has 0 aliphatic carbocycles. The molecular formula is C15H22N2OS. The molecule has 1 amide bonds. The number of nitrogens with one attached hydrogen (secondary N) is 1. The van der Waals surface area contributed by atoms with Gasteiger partial charge in [-0.25, -0.2) is 0 Å². The van der Waals surface area contributed by atoms with Crippen molar-refractivity contribution >= 4 is 23.4 Å². The van der Waals surface area contributed by atoms with Gasteiger partial charge in [-0.2, -0.15) is 11.8 Å². The van der Waals surface area contributed by atoms with Crippen molar-refractivity contribution in [2.24, 2.45) is 0 Å². The quantitative estimate of drug-likeness (QED) is 0.919. The van der Waals surface area contributed by atoms with Crippen molar-refractivity contribution in [1.29, 1.82) is 0 Å². The fourth-order valence-corrected chi connectivity index (χ4v) is 3.24. The summed E-state index contributed by atoms with van der Waals surface area (Å²) in [5.74, 6) is 2.66. The van der Waals surface area contributed by atoms with Crippen LogP contribution in [-0.2, 0) is 11.2 Å². The Morgan fingerprint density at radius 2 is 1.89 bits per heavy atom. The summed E-state index contributed by atoms with van der Waals surface area (Å²) in [7, 11) is 3.58. The smallest absolute Gasteiger partial charge is 0.226 e. The maximum Gasteiger partial charge on any atom is 0.226 e. The van der Waals surface area contributed by atoms with Crippen LogP contribution in [0.15, 0.2) is 24.3 Å². The number of amides is 1. The van der Waals surface area contributed by atoms with E-state index in [1.807, 2.05) is 23.9 Å². The van der Waals surface area contributed by atoms with Gasteiger partial charge in [0.1, 0.15) is 0 Å². The van der Waals surface area contributed by atoms with Crippen LogP contribution in [0.1, 0.15) is 18.4 Å². The third-order valence-electron chi connectivity index (χ3n) is 3.40. The van der Waals surface area contributed by atoms with E-state index in [4.69, 9.17) is 0 Å². The fraction of sp³-hybridized carbons (Fsp3) is 0.533. The van der Waals surface area contributed by atoms with Crippen LogP contribution in [0, 0.1) is 0 Å². The molecule has 104 valence electrons. The number of thioether (sulfide) groups is 1. The molecule has 1 N–H and O–H groups in total. The topological polar surface area (TPSA) is 32.3 Å². The molecule has 1 aliphatic rings. The molecule has 0 bridgehead atoms. The number of rotatable bonds is 4. The van der Waals surface area contributed by atoms with Crippen molar-refractivity contribution in [3.05, 3.63) is 29.8 Å². The van der Waals surface area contributed by atoms with Crippen molar-refractivity contribution < 1.29 is 4.79 Å². The third-order valence-corrected chi connectivity index (χ3v) is 4.45. The molecule has 0 unspecified atom stereocenters. The largest absolute Gasteiger partial charge is 0.382 e. The summed E-state index contributed by atoms with van der Waals surface area (Å²) in [6, 6.07) is 8.86. The molecule has 1 heterocycles. The predicted molar refractivity (Wildman–Crippen MR) is 82.8 cm³/mol. The highest BCUT2D eigenvalue weighted by molar-refractivity contribution is 7.99. The first-order valence-electron chi connectivity index (χ1n) is 6.78. The van der Waals surface area contributed by atoms with Gasteiger partial charge in [-0.3, -0.25) is 4.79 Å².